The van der Waals surface area contributed by atoms with E-state index in [2.05, 4.69) is 65.2 Å². The summed E-state index contributed by atoms with van der Waals surface area (Å²) in [6, 6.07) is 11.1. The molecule has 2 atom stereocenters. The van der Waals surface area contributed by atoms with Gasteiger partial charge in [-0.25, -0.2) is 5.43 Å². The van der Waals surface area contributed by atoms with Crippen molar-refractivity contribution < 1.29 is 4.74 Å². The van der Waals surface area contributed by atoms with Gasteiger partial charge in [-0.3, -0.25) is 10.3 Å². The molecule has 1 aromatic carbocycles. The molecule has 3 N–H and O–H groups in total. The highest BCUT2D eigenvalue weighted by Crippen LogP contribution is 2.24. The summed E-state index contributed by atoms with van der Waals surface area (Å²) >= 11 is 0. The minimum Gasteiger partial charge on any atom is -0.379 e. The van der Waals surface area contributed by atoms with Crippen LogP contribution in [0.15, 0.2) is 30.3 Å². The summed E-state index contributed by atoms with van der Waals surface area (Å²) in [4.78, 5) is 2.53. The molecule has 2 saturated heterocycles. The number of ether oxygens (including phenoxy) is 1. The standard InChI is InChI=1S/C18H30N4O/c1-18(2,22-8-10-23-11-9-22)14-19-12-16-13-20-21-17(16)15-6-4-3-5-7-15/h3-7,16-17,19-21H,8-14H2,1-2H3. The zero-order valence-electron chi connectivity index (χ0n) is 14.3. The van der Waals surface area contributed by atoms with Gasteiger partial charge in [0.25, 0.3) is 0 Å². The van der Waals surface area contributed by atoms with Crippen LogP contribution in [0.5, 0.6) is 0 Å². The Balaban J connectivity index is 1.49. The lowest BCUT2D eigenvalue weighted by atomic mass is 9.94. The quantitative estimate of drug-likeness (QED) is 0.735. The lowest BCUT2D eigenvalue weighted by Gasteiger charge is -2.41. The molecule has 2 aliphatic heterocycles. The van der Waals surface area contributed by atoms with E-state index in [-0.39, 0.29) is 5.54 Å². The molecular weight excluding hydrogens is 288 g/mol. The van der Waals surface area contributed by atoms with Crippen molar-refractivity contribution >= 4 is 0 Å². The van der Waals surface area contributed by atoms with Gasteiger partial charge < -0.3 is 10.1 Å². The monoisotopic (exact) mass is 318 g/mol. The van der Waals surface area contributed by atoms with Crippen LogP contribution in [0.3, 0.4) is 0 Å². The molecule has 0 radical (unpaired) electrons. The zero-order valence-corrected chi connectivity index (χ0v) is 14.3. The van der Waals surface area contributed by atoms with Gasteiger partial charge in [-0.2, -0.15) is 0 Å². The number of hydrogen-bond donors (Lipinski definition) is 3. The van der Waals surface area contributed by atoms with Crippen LogP contribution in [-0.2, 0) is 4.74 Å². The molecule has 0 spiro atoms. The number of nitrogens with zero attached hydrogens (tertiary/aromatic N) is 1. The summed E-state index contributed by atoms with van der Waals surface area (Å²) in [6.45, 7) is 11.5. The molecule has 2 unspecified atom stereocenters. The molecule has 0 aliphatic carbocycles. The minimum atomic E-state index is 0.172. The molecule has 0 aromatic heterocycles. The summed E-state index contributed by atoms with van der Waals surface area (Å²) < 4.78 is 5.47. The van der Waals surface area contributed by atoms with Crippen molar-refractivity contribution in [2.24, 2.45) is 5.92 Å². The summed E-state index contributed by atoms with van der Waals surface area (Å²) in [5.74, 6) is 0.567. The number of morpholine rings is 1. The molecule has 23 heavy (non-hydrogen) atoms. The van der Waals surface area contributed by atoms with Gasteiger partial charge in [-0.05, 0) is 19.4 Å². The SMILES string of the molecule is CC(C)(CNCC1CNNC1c1ccccc1)N1CCOCC1. The maximum Gasteiger partial charge on any atom is 0.0594 e. The molecule has 0 saturated carbocycles. The van der Waals surface area contributed by atoms with E-state index < -0.39 is 0 Å². The Morgan fingerprint density at radius 3 is 2.70 bits per heavy atom. The summed E-state index contributed by atoms with van der Waals surface area (Å²) in [7, 11) is 0. The van der Waals surface area contributed by atoms with Gasteiger partial charge in [0.05, 0.1) is 19.3 Å². The Hall–Kier alpha value is -0.980. The molecule has 0 amide bonds. The van der Waals surface area contributed by atoms with Crippen molar-refractivity contribution in [3.05, 3.63) is 35.9 Å². The second-order valence-corrected chi connectivity index (χ2v) is 7.22. The number of rotatable bonds is 6. The van der Waals surface area contributed by atoms with Crippen LogP contribution in [0.4, 0.5) is 0 Å². The minimum absolute atomic E-state index is 0.172. The van der Waals surface area contributed by atoms with E-state index in [1.54, 1.807) is 0 Å². The average Bonchev–Trinajstić information content (AvgIpc) is 3.05. The van der Waals surface area contributed by atoms with Gasteiger partial charge >= 0.3 is 0 Å². The molecule has 1 aromatic rings. The van der Waals surface area contributed by atoms with E-state index in [4.69, 9.17) is 4.74 Å². The van der Waals surface area contributed by atoms with Crippen molar-refractivity contribution in [3.8, 4) is 0 Å². The summed E-state index contributed by atoms with van der Waals surface area (Å²) in [5.41, 5.74) is 8.26. The normalized spacial score (nSPS) is 26.5. The first kappa shape index (κ1) is 16.9. The van der Waals surface area contributed by atoms with Crippen LogP contribution in [0.2, 0.25) is 0 Å². The maximum absolute atomic E-state index is 5.47. The van der Waals surface area contributed by atoms with Crippen LogP contribution in [0, 0.1) is 5.92 Å². The largest absolute Gasteiger partial charge is 0.379 e. The fourth-order valence-electron chi connectivity index (χ4n) is 3.59. The topological polar surface area (TPSA) is 48.6 Å². The van der Waals surface area contributed by atoms with Crippen molar-refractivity contribution in [1.82, 2.24) is 21.1 Å². The Morgan fingerprint density at radius 1 is 1.22 bits per heavy atom. The predicted octanol–water partition coefficient (Wildman–Crippen LogP) is 1.15. The average molecular weight is 318 g/mol. The molecule has 0 bridgehead atoms. The van der Waals surface area contributed by atoms with E-state index in [1.807, 2.05) is 0 Å². The van der Waals surface area contributed by atoms with Crippen LogP contribution in [-0.4, -0.2) is 56.4 Å². The second kappa shape index (κ2) is 7.73. The van der Waals surface area contributed by atoms with Gasteiger partial charge in [0.1, 0.15) is 0 Å². The van der Waals surface area contributed by atoms with E-state index >= 15 is 0 Å². The fourth-order valence-corrected chi connectivity index (χ4v) is 3.59. The predicted molar refractivity (Wildman–Crippen MR) is 93.2 cm³/mol. The Morgan fingerprint density at radius 2 is 1.96 bits per heavy atom. The van der Waals surface area contributed by atoms with Gasteiger partial charge in [-0.1, -0.05) is 30.3 Å². The lowest BCUT2D eigenvalue weighted by molar-refractivity contribution is -0.00977. The lowest BCUT2D eigenvalue weighted by Crippen LogP contribution is -2.55. The van der Waals surface area contributed by atoms with E-state index in [1.165, 1.54) is 5.56 Å². The Bertz CT molecular complexity index is 473. The molecule has 2 heterocycles. The third-order valence-corrected chi connectivity index (χ3v) is 5.08. The third kappa shape index (κ3) is 4.31. The number of hydrazine groups is 1. The highest BCUT2D eigenvalue weighted by molar-refractivity contribution is 5.20. The highest BCUT2D eigenvalue weighted by atomic mass is 16.5. The molecule has 2 aliphatic rings. The molecule has 128 valence electrons. The van der Waals surface area contributed by atoms with E-state index in [9.17, 15) is 0 Å². The zero-order chi connectivity index (χ0) is 16.1. The Kier molecular flexibility index (Phi) is 5.67. The maximum atomic E-state index is 5.47. The molecule has 3 rings (SSSR count). The smallest absolute Gasteiger partial charge is 0.0594 e. The first-order chi connectivity index (χ1) is 11.2. The van der Waals surface area contributed by atoms with Crippen LogP contribution >= 0.6 is 0 Å². The van der Waals surface area contributed by atoms with Crippen molar-refractivity contribution in [1.29, 1.82) is 0 Å². The van der Waals surface area contributed by atoms with Gasteiger partial charge in [0.2, 0.25) is 0 Å². The van der Waals surface area contributed by atoms with Crippen LogP contribution < -0.4 is 16.2 Å². The molecule has 5 nitrogen and oxygen atoms in total. The second-order valence-electron chi connectivity index (χ2n) is 7.22. The van der Waals surface area contributed by atoms with Crippen LogP contribution in [0.25, 0.3) is 0 Å². The number of benzene rings is 1. The number of hydrogen-bond acceptors (Lipinski definition) is 5. The first-order valence-corrected chi connectivity index (χ1v) is 8.74. The molecule has 2 fully saturated rings. The van der Waals surface area contributed by atoms with Crippen molar-refractivity contribution in [2.45, 2.75) is 25.4 Å². The van der Waals surface area contributed by atoms with Gasteiger partial charge in [-0.15, -0.1) is 0 Å². The highest BCUT2D eigenvalue weighted by Gasteiger charge is 2.30. The summed E-state index contributed by atoms with van der Waals surface area (Å²) in [6.07, 6.45) is 0. The molecule has 5 heteroatoms. The molecular formula is C18H30N4O. The van der Waals surface area contributed by atoms with Crippen molar-refractivity contribution in [3.63, 3.8) is 0 Å². The number of nitrogens with one attached hydrogen (secondary N) is 3. The van der Waals surface area contributed by atoms with E-state index in [0.717, 1.165) is 45.9 Å². The Labute approximate surface area is 139 Å². The van der Waals surface area contributed by atoms with Crippen LogP contribution in [0.1, 0.15) is 25.5 Å². The van der Waals surface area contributed by atoms with Gasteiger partial charge in [0, 0.05) is 44.2 Å². The first-order valence-electron chi connectivity index (χ1n) is 8.74. The fraction of sp³-hybridized carbons (Fsp3) is 0.667. The van der Waals surface area contributed by atoms with Crippen molar-refractivity contribution in [2.75, 3.05) is 45.9 Å². The third-order valence-electron chi connectivity index (χ3n) is 5.08. The van der Waals surface area contributed by atoms with E-state index in [0.29, 0.717) is 12.0 Å². The summed E-state index contributed by atoms with van der Waals surface area (Å²) in [5, 5.41) is 3.70. The van der Waals surface area contributed by atoms with Gasteiger partial charge in [0.15, 0.2) is 0 Å².